The van der Waals surface area contributed by atoms with Gasteiger partial charge in [0.25, 0.3) is 0 Å². The highest BCUT2D eigenvalue weighted by Crippen LogP contribution is 2.22. The van der Waals surface area contributed by atoms with E-state index in [2.05, 4.69) is 0 Å². The largest absolute Gasteiger partial charge is 0.401 e. The molecule has 0 radical (unpaired) electrons. The topological polar surface area (TPSA) is 26.7 Å². The van der Waals surface area contributed by atoms with Crippen molar-refractivity contribution in [1.29, 1.82) is 0 Å². The Balaban J connectivity index is 1.98. The van der Waals surface area contributed by atoms with E-state index in [0.717, 1.165) is 0 Å². The van der Waals surface area contributed by atoms with Gasteiger partial charge in [-0.25, -0.2) is 4.39 Å². The molecule has 0 unspecified atom stereocenters. The van der Waals surface area contributed by atoms with E-state index in [9.17, 15) is 17.6 Å². The number of piperazine rings is 1. The highest BCUT2D eigenvalue weighted by Gasteiger charge is 2.32. The van der Waals surface area contributed by atoms with Crippen molar-refractivity contribution in [2.75, 3.05) is 37.6 Å². The normalized spacial score (nSPS) is 17.6. The van der Waals surface area contributed by atoms with Gasteiger partial charge in [-0.3, -0.25) is 4.90 Å². The Morgan fingerprint density at radius 2 is 1.70 bits per heavy atom. The van der Waals surface area contributed by atoms with E-state index in [4.69, 9.17) is 5.11 Å². The summed E-state index contributed by atoms with van der Waals surface area (Å²) in [6, 6.07) is 4.23. The molecular weight excluding hydrogens is 276 g/mol. The molecule has 1 aliphatic rings. The lowest BCUT2D eigenvalue weighted by molar-refractivity contribution is -0.146. The molecule has 1 fully saturated rings. The number of aliphatic hydroxyl groups excluding tert-OH is 1. The molecule has 1 aromatic carbocycles. The summed E-state index contributed by atoms with van der Waals surface area (Å²) in [6.07, 6.45) is -4.19. The van der Waals surface area contributed by atoms with Crippen LogP contribution in [0.5, 0.6) is 0 Å². The van der Waals surface area contributed by atoms with Crippen LogP contribution in [0.1, 0.15) is 5.56 Å². The van der Waals surface area contributed by atoms with Crippen LogP contribution in [0, 0.1) is 5.82 Å². The lowest BCUT2D eigenvalue weighted by Gasteiger charge is -2.36. The molecule has 112 valence electrons. The van der Waals surface area contributed by atoms with Crippen molar-refractivity contribution in [3.8, 4) is 0 Å². The van der Waals surface area contributed by atoms with E-state index in [1.807, 2.05) is 4.90 Å². The molecule has 1 heterocycles. The summed E-state index contributed by atoms with van der Waals surface area (Å²) in [5, 5.41) is 9.04. The minimum atomic E-state index is -4.19. The fraction of sp³-hybridized carbons (Fsp3) is 0.538. The molecule has 1 saturated heterocycles. The lowest BCUT2D eigenvalue weighted by Crippen LogP contribution is -2.49. The van der Waals surface area contributed by atoms with E-state index in [0.29, 0.717) is 24.3 Å². The fourth-order valence-corrected chi connectivity index (χ4v) is 2.32. The molecule has 0 saturated carbocycles. The third-order valence-corrected chi connectivity index (χ3v) is 3.27. The molecule has 0 atom stereocenters. The number of alkyl halides is 3. The van der Waals surface area contributed by atoms with Gasteiger partial charge in [0.15, 0.2) is 0 Å². The summed E-state index contributed by atoms with van der Waals surface area (Å²) in [6.45, 7) is 0.203. The molecule has 2 rings (SSSR count). The summed E-state index contributed by atoms with van der Waals surface area (Å²) in [5.74, 6) is -0.454. The number of rotatable bonds is 3. The van der Waals surface area contributed by atoms with Gasteiger partial charge in [-0.2, -0.15) is 13.2 Å². The molecule has 1 aliphatic heterocycles. The second-order valence-corrected chi connectivity index (χ2v) is 4.85. The maximum absolute atomic E-state index is 13.4. The summed E-state index contributed by atoms with van der Waals surface area (Å²) >= 11 is 0. The molecule has 1 aromatic rings. The molecule has 0 aromatic heterocycles. The summed E-state index contributed by atoms with van der Waals surface area (Å²) in [7, 11) is 0. The van der Waals surface area contributed by atoms with Gasteiger partial charge in [0, 0.05) is 31.9 Å². The lowest BCUT2D eigenvalue weighted by atomic mass is 10.1. The molecule has 7 heteroatoms. The van der Waals surface area contributed by atoms with Crippen LogP contribution in [0.15, 0.2) is 18.2 Å². The van der Waals surface area contributed by atoms with E-state index < -0.39 is 18.5 Å². The Kier molecular flexibility index (Phi) is 4.49. The number of benzene rings is 1. The highest BCUT2D eigenvalue weighted by atomic mass is 19.4. The molecule has 0 spiro atoms. The van der Waals surface area contributed by atoms with Crippen molar-refractivity contribution in [3.05, 3.63) is 29.6 Å². The summed E-state index contributed by atoms with van der Waals surface area (Å²) < 4.78 is 50.2. The monoisotopic (exact) mass is 292 g/mol. The van der Waals surface area contributed by atoms with Crippen molar-refractivity contribution in [2.45, 2.75) is 12.8 Å². The zero-order valence-electron chi connectivity index (χ0n) is 10.8. The molecule has 3 nitrogen and oxygen atoms in total. The van der Waals surface area contributed by atoms with E-state index in [1.165, 1.54) is 17.0 Å². The first kappa shape index (κ1) is 15.1. The van der Waals surface area contributed by atoms with Crippen molar-refractivity contribution in [3.63, 3.8) is 0 Å². The van der Waals surface area contributed by atoms with Crippen LogP contribution in [-0.2, 0) is 6.61 Å². The molecular formula is C13H16F4N2O. The number of hydrogen-bond acceptors (Lipinski definition) is 3. The summed E-state index contributed by atoms with van der Waals surface area (Å²) in [5.41, 5.74) is 1.05. The Morgan fingerprint density at radius 3 is 2.25 bits per heavy atom. The van der Waals surface area contributed by atoms with E-state index in [1.54, 1.807) is 6.07 Å². The molecule has 0 bridgehead atoms. The molecule has 0 aliphatic carbocycles. The van der Waals surface area contributed by atoms with Gasteiger partial charge >= 0.3 is 6.18 Å². The van der Waals surface area contributed by atoms with Gasteiger partial charge in [0.1, 0.15) is 5.82 Å². The van der Waals surface area contributed by atoms with E-state index in [-0.39, 0.29) is 19.7 Å². The van der Waals surface area contributed by atoms with Gasteiger partial charge in [-0.15, -0.1) is 0 Å². The third-order valence-electron chi connectivity index (χ3n) is 3.27. The molecule has 20 heavy (non-hydrogen) atoms. The zero-order chi connectivity index (χ0) is 14.8. The quantitative estimate of drug-likeness (QED) is 0.863. The number of hydrogen-bond donors (Lipinski definition) is 1. The highest BCUT2D eigenvalue weighted by molar-refractivity contribution is 5.49. The Bertz CT molecular complexity index is 456. The van der Waals surface area contributed by atoms with Crippen LogP contribution in [-0.4, -0.2) is 48.9 Å². The average Bonchev–Trinajstić information content (AvgIpc) is 2.37. The number of halogens is 4. The third kappa shape index (κ3) is 4.08. The number of nitrogens with zero attached hydrogens (tertiary/aromatic N) is 2. The standard InChI is InChI=1S/C13H16F4N2O/c14-11-5-10(8-20)6-12(7-11)19-3-1-18(2-4-19)9-13(15,16)17/h5-7,20H,1-4,8-9H2. The van der Waals surface area contributed by atoms with Crippen LogP contribution in [0.4, 0.5) is 23.2 Å². The minimum absolute atomic E-state index is 0.265. The Morgan fingerprint density at radius 1 is 1.05 bits per heavy atom. The first-order valence-corrected chi connectivity index (χ1v) is 6.32. The van der Waals surface area contributed by atoms with Crippen LogP contribution in [0.25, 0.3) is 0 Å². The maximum Gasteiger partial charge on any atom is 0.401 e. The maximum atomic E-state index is 13.4. The molecule has 1 N–H and O–H groups in total. The number of aliphatic hydroxyl groups is 1. The predicted octanol–water partition coefficient (Wildman–Crippen LogP) is 2.00. The Labute approximate surface area is 114 Å². The fourth-order valence-electron chi connectivity index (χ4n) is 2.32. The minimum Gasteiger partial charge on any atom is -0.392 e. The zero-order valence-corrected chi connectivity index (χ0v) is 10.8. The van der Waals surface area contributed by atoms with Crippen LogP contribution < -0.4 is 4.90 Å². The average molecular weight is 292 g/mol. The van der Waals surface area contributed by atoms with Crippen molar-refractivity contribution >= 4 is 5.69 Å². The van der Waals surface area contributed by atoms with Crippen molar-refractivity contribution in [1.82, 2.24) is 4.90 Å². The van der Waals surface area contributed by atoms with Gasteiger partial charge < -0.3 is 10.0 Å². The summed E-state index contributed by atoms with van der Waals surface area (Å²) in [4.78, 5) is 3.16. The second kappa shape index (κ2) is 5.97. The van der Waals surface area contributed by atoms with Crippen LogP contribution in [0.3, 0.4) is 0 Å². The van der Waals surface area contributed by atoms with Crippen molar-refractivity contribution < 1.29 is 22.7 Å². The van der Waals surface area contributed by atoms with Crippen LogP contribution >= 0.6 is 0 Å². The SMILES string of the molecule is OCc1cc(F)cc(N2CCN(CC(F)(F)F)CC2)c1. The van der Waals surface area contributed by atoms with E-state index >= 15 is 0 Å². The van der Waals surface area contributed by atoms with Gasteiger partial charge in [0.05, 0.1) is 13.2 Å². The second-order valence-electron chi connectivity index (χ2n) is 4.85. The van der Waals surface area contributed by atoms with Gasteiger partial charge in [0.2, 0.25) is 0 Å². The molecule has 0 amide bonds. The first-order chi connectivity index (χ1) is 9.37. The van der Waals surface area contributed by atoms with Gasteiger partial charge in [-0.1, -0.05) is 0 Å². The van der Waals surface area contributed by atoms with Crippen LogP contribution in [0.2, 0.25) is 0 Å². The van der Waals surface area contributed by atoms with Gasteiger partial charge in [-0.05, 0) is 23.8 Å². The smallest absolute Gasteiger partial charge is 0.392 e. The first-order valence-electron chi connectivity index (χ1n) is 6.32. The van der Waals surface area contributed by atoms with Crippen molar-refractivity contribution in [2.24, 2.45) is 0 Å². The predicted molar refractivity (Wildman–Crippen MR) is 67.0 cm³/mol. The number of anilines is 1. The Hall–Kier alpha value is -1.34.